The first-order valence-corrected chi connectivity index (χ1v) is 8.92. The Labute approximate surface area is 158 Å². The summed E-state index contributed by atoms with van der Waals surface area (Å²) in [5.41, 5.74) is 0.876. The molecule has 2 atom stereocenters. The lowest BCUT2D eigenvalue weighted by Gasteiger charge is -2.38. The van der Waals surface area contributed by atoms with Crippen LogP contribution < -0.4 is 0 Å². The predicted octanol–water partition coefficient (Wildman–Crippen LogP) is 1.59. The molecule has 1 aliphatic heterocycles. The maximum atomic E-state index is 12.6. The molecule has 2 amide bonds. The molecule has 0 aliphatic carbocycles. The molecule has 8 nitrogen and oxygen atoms in total. The summed E-state index contributed by atoms with van der Waals surface area (Å²) in [5, 5.41) is 9.17. The molecule has 1 N–H and O–H groups in total. The van der Waals surface area contributed by atoms with Crippen LogP contribution in [0.3, 0.4) is 0 Å². The minimum absolute atomic E-state index is 0.102. The zero-order valence-electron chi connectivity index (χ0n) is 15.7. The lowest BCUT2D eigenvalue weighted by atomic mass is 10.1. The summed E-state index contributed by atoms with van der Waals surface area (Å²) in [6.07, 6.45) is -0.220. The third-order valence-corrected chi connectivity index (χ3v) is 4.65. The summed E-state index contributed by atoms with van der Waals surface area (Å²) in [5.74, 6) is -1.81. The van der Waals surface area contributed by atoms with E-state index in [1.807, 2.05) is 30.3 Å². The highest BCUT2D eigenvalue weighted by molar-refractivity contribution is 5.86. The average Bonchev–Trinajstić information content (AvgIpc) is 2.66. The summed E-state index contributed by atoms with van der Waals surface area (Å²) in [6.45, 7) is 2.92. The Kier molecular flexibility index (Phi) is 7.60. The van der Waals surface area contributed by atoms with Crippen LogP contribution in [-0.4, -0.2) is 72.3 Å². The first-order valence-electron chi connectivity index (χ1n) is 8.92. The van der Waals surface area contributed by atoms with Gasteiger partial charge >= 0.3 is 12.1 Å². The predicted molar refractivity (Wildman–Crippen MR) is 97.0 cm³/mol. The number of hydrogen-bond donors (Lipinski definition) is 1. The SMILES string of the molecule is COC[C@H](CCN1CCN(C(=O)OCc2ccccc2)[C@@H](C)C1=O)C(=O)O. The Morgan fingerprint density at radius 1 is 1.26 bits per heavy atom. The van der Waals surface area contributed by atoms with Gasteiger partial charge in [0.25, 0.3) is 0 Å². The fraction of sp³-hybridized carbons (Fsp3) is 0.526. The van der Waals surface area contributed by atoms with Gasteiger partial charge in [0, 0.05) is 26.7 Å². The van der Waals surface area contributed by atoms with Gasteiger partial charge in [0.05, 0.1) is 12.5 Å². The number of carboxylic acids is 1. The van der Waals surface area contributed by atoms with E-state index in [4.69, 9.17) is 14.6 Å². The van der Waals surface area contributed by atoms with E-state index in [1.54, 1.807) is 11.8 Å². The summed E-state index contributed by atoms with van der Waals surface area (Å²) >= 11 is 0. The monoisotopic (exact) mass is 378 g/mol. The van der Waals surface area contributed by atoms with Gasteiger partial charge in [-0.2, -0.15) is 0 Å². The van der Waals surface area contributed by atoms with E-state index in [1.165, 1.54) is 12.0 Å². The molecule has 1 aliphatic rings. The average molecular weight is 378 g/mol. The molecule has 2 rings (SSSR count). The zero-order valence-corrected chi connectivity index (χ0v) is 15.7. The molecule has 0 bridgehead atoms. The van der Waals surface area contributed by atoms with Crippen molar-refractivity contribution < 1.29 is 29.0 Å². The van der Waals surface area contributed by atoms with Crippen LogP contribution in [-0.2, 0) is 25.7 Å². The largest absolute Gasteiger partial charge is 0.481 e. The maximum absolute atomic E-state index is 12.6. The van der Waals surface area contributed by atoms with Crippen LogP contribution in [0.4, 0.5) is 4.79 Å². The number of rotatable bonds is 8. The highest BCUT2D eigenvalue weighted by atomic mass is 16.6. The quantitative estimate of drug-likeness (QED) is 0.738. The van der Waals surface area contributed by atoms with Gasteiger partial charge in [-0.1, -0.05) is 30.3 Å². The third kappa shape index (κ3) is 5.68. The van der Waals surface area contributed by atoms with Crippen LogP contribution in [0.5, 0.6) is 0 Å². The second kappa shape index (κ2) is 9.91. The van der Waals surface area contributed by atoms with E-state index < -0.39 is 24.0 Å². The van der Waals surface area contributed by atoms with Crippen LogP contribution in [0, 0.1) is 5.92 Å². The van der Waals surface area contributed by atoms with Crippen molar-refractivity contribution in [2.45, 2.75) is 26.0 Å². The molecule has 0 unspecified atom stereocenters. The van der Waals surface area contributed by atoms with Gasteiger partial charge in [-0.15, -0.1) is 0 Å². The van der Waals surface area contributed by atoms with Crippen molar-refractivity contribution in [2.75, 3.05) is 33.4 Å². The second-order valence-electron chi connectivity index (χ2n) is 6.51. The molecule has 1 aromatic carbocycles. The van der Waals surface area contributed by atoms with E-state index in [9.17, 15) is 14.4 Å². The van der Waals surface area contributed by atoms with Gasteiger partial charge in [-0.3, -0.25) is 14.5 Å². The Morgan fingerprint density at radius 2 is 1.96 bits per heavy atom. The smallest absolute Gasteiger partial charge is 0.410 e. The van der Waals surface area contributed by atoms with E-state index in [0.29, 0.717) is 26.1 Å². The summed E-state index contributed by atoms with van der Waals surface area (Å²) < 4.78 is 10.2. The molecule has 0 saturated carbocycles. The van der Waals surface area contributed by atoms with Crippen LogP contribution in [0.25, 0.3) is 0 Å². The summed E-state index contributed by atoms with van der Waals surface area (Å²) in [6, 6.07) is 8.68. The standard InChI is InChI=1S/C19H26N2O6/c1-14-17(22)20(9-8-16(13-26-2)18(23)24)10-11-21(14)19(25)27-12-15-6-4-3-5-7-15/h3-7,14,16H,8-13H2,1-2H3,(H,23,24)/t14-,16-/m0/s1. The molecule has 148 valence electrons. The second-order valence-corrected chi connectivity index (χ2v) is 6.51. The Balaban J connectivity index is 1.85. The molecule has 0 spiro atoms. The zero-order chi connectivity index (χ0) is 19.8. The highest BCUT2D eigenvalue weighted by Crippen LogP contribution is 2.16. The highest BCUT2D eigenvalue weighted by Gasteiger charge is 2.35. The van der Waals surface area contributed by atoms with Crippen molar-refractivity contribution in [1.82, 2.24) is 9.80 Å². The number of carboxylic acid groups (broad SMARTS) is 1. The van der Waals surface area contributed by atoms with E-state index in [2.05, 4.69) is 0 Å². The fourth-order valence-electron chi connectivity index (χ4n) is 2.99. The molecule has 0 aromatic heterocycles. The van der Waals surface area contributed by atoms with Crippen LogP contribution in [0.1, 0.15) is 18.9 Å². The number of benzene rings is 1. The van der Waals surface area contributed by atoms with Crippen molar-refractivity contribution >= 4 is 18.0 Å². The van der Waals surface area contributed by atoms with Crippen LogP contribution >= 0.6 is 0 Å². The molecule has 8 heteroatoms. The minimum Gasteiger partial charge on any atom is -0.481 e. The molecule has 1 aromatic rings. The maximum Gasteiger partial charge on any atom is 0.410 e. The number of nitrogens with zero attached hydrogens (tertiary/aromatic N) is 2. The minimum atomic E-state index is -0.944. The van der Waals surface area contributed by atoms with Gasteiger partial charge < -0.3 is 19.5 Å². The van der Waals surface area contributed by atoms with Crippen LogP contribution in [0.2, 0.25) is 0 Å². The van der Waals surface area contributed by atoms with Crippen molar-refractivity contribution in [3.63, 3.8) is 0 Å². The number of ether oxygens (including phenoxy) is 2. The Hall–Kier alpha value is -2.61. The van der Waals surface area contributed by atoms with E-state index in [-0.39, 0.29) is 19.1 Å². The topological polar surface area (TPSA) is 96.4 Å². The van der Waals surface area contributed by atoms with Gasteiger partial charge in [-0.05, 0) is 18.9 Å². The normalized spacial score (nSPS) is 18.3. The van der Waals surface area contributed by atoms with Crippen molar-refractivity contribution in [3.05, 3.63) is 35.9 Å². The number of piperazine rings is 1. The van der Waals surface area contributed by atoms with E-state index in [0.717, 1.165) is 5.56 Å². The lowest BCUT2D eigenvalue weighted by Crippen LogP contribution is -2.57. The number of aliphatic carboxylic acids is 1. The number of carbonyl (C=O) groups is 3. The van der Waals surface area contributed by atoms with Crippen molar-refractivity contribution in [3.8, 4) is 0 Å². The van der Waals surface area contributed by atoms with Crippen LogP contribution in [0.15, 0.2) is 30.3 Å². The third-order valence-electron chi connectivity index (χ3n) is 4.65. The molecule has 0 radical (unpaired) electrons. The molecule has 27 heavy (non-hydrogen) atoms. The molecule has 1 fully saturated rings. The van der Waals surface area contributed by atoms with Gasteiger partial charge in [0.15, 0.2) is 0 Å². The van der Waals surface area contributed by atoms with Crippen molar-refractivity contribution in [2.24, 2.45) is 5.92 Å². The van der Waals surface area contributed by atoms with Gasteiger partial charge in [-0.25, -0.2) is 4.79 Å². The number of hydrogen-bond acceptors (Lipinski definition) is 5. The van der Waals surface area contributed by atoms with Crippen molar-refractivity contribution in [1.29, 1.82) is 0 Å². The summed E-state index contributed by atoms with van der Waals surface area (Å²) in [4.78, 5) is 39.1. The number of methoxy groups -OCH3 is 1. The Bertz CT molecular complexity index is 651. The summed E-state index contributed by atoms with van der Waals surface area (Å²) in [7, 11) is 1.45. The number of carbonyl (C=O) groups excluding carboxylic acids is 2. The molecular formula is C19H26N2O6. The molecule has 1 saturated heterocycles. The Morgan fingerprint density at radius 3 is 2.59 bits per heavy atom. The van der Waals surface area contributed by atoms with Gasteiger partial charge in [0.2, 0.25) is 5.91 Å². The molecular weight excluding hydrogens is 352 g/mol. The number of amides is 2. The first kappa shape index (κ1) is 20.7. The fourth-order valence-corrected chi connectivity index (χ4v) is 2.99. The van der Waals surface area contributed by atoms with E-state index >= 15 is 0 Å². The molecule has 1 heterocycles. The first-order chi connectivity index (χ1) is 12.9. The van der Waals surface area contributed by atoms with Gasteiger partial charge in [0.1, 0.15) is 12.6 Å². The lowest BCUT2D eigenvalue weighted by molar-refractivity contribution is -0.146.